The highest BCUT2D eigenvalue weighted by molar-refractivity contribution is 5.88. The maximum absolute atomic E-state index is 13.5. The van der Waals surface area contributed by atoms with Gasteiger partial charge >= 0.3 is 12.1 Å². The van der Waals surface area contributed by atoms with Crippen molar-refractivity contribution < 1.29 is 23.9 Å². The molecule has 0 bridgehead atoms. The van der Waals surface area contributed by atoms with Crippen LogP contribution in [-0.4, -0.2) is 44.5 Å². The van der Waals surface area contributed by atoms with Crippen molar-refractivity contribution in [2.24, 2.45) is 0 Å². The Kier molecular flexibility index (Phi) is 9.71. The second-order valence-electron chi connectivity index (χ2n) is 9.39. The van der Waals surface area contributed by atoms with E-state index in [1.54, 1.807) is 50.2 Å². The number of aromatic nitrogens is 2. The Bertz CT molecular complexity index is 1110. The third-order valence-electron chi connectivity index (χ3n) is 5.09. The lowest BCUT2D eigenvalue weighted by atomic mass is 10.1. The number of hydrogen-bond acceptors (Lipinski definition) is 7. The lowest BCUT2D eigenvalue weighted by Crippen LogP contribution is -2.47. The van der Waals surface area contributed by atoms with Gasteiger partial charge in [-0.3, -0.25) is 14.8 Å². The summed E-state index contributed by atoms with van der Waals surface area (Å²) >= 11 is 0. The van der Waals surface area contributed by atoms with E-state index in [0.29, 0.717) is 11.4 Å². The first kappa shape index (κ1) is 27.3. The predicted molar refractivity (Wildman–Crippen MR) is 137 cm³/mol. The second-order valence-corrected chi connectivity index (χ2v) is 9.39. The normalized spacial score (nSPS) is 11.8. The molecular weight excluding hydrogens is 472 g/mol. The van der Waals surface area contributed by atoms with Crippen LogP contribution in [0.5, 0.6) is 0 Å². The van der Waals surface area contributed by atoms with E-state index < -0.39 is 23.7 Å². The van der Waals surface area contributed by atoms with E-state index in [2.05, 4.69) is 15.3 Å². The fraction of sp³-hybridized carbons (Fsp3) is 0.321. The molecule has 9 nitrogen and oxygen atoms in total. The number of carbonyl (C=O) groups is 3. The lowest BCUT2D eigenvalue weighted by molar-refractivity contribution is -0.150. The van der Waals surface area contributed by atoms with Gasteiger partial charge in [0.2, 0.25) is 5.91 Å². The summed E-state index contributed by atoms with van der Waals surface area (Å²) in [7, 11) is 0. The van der Waals surface area contributed by atoms with E-state index in [1.807, 2.05) is 54.6 Å². The Labute approximate surface area is 216 Å². The molecule has 0 unspecified atom stereocenters. The van der Waals surface area contributed by atoms with E-state index >= 15 is 0 Å². The Balaban J connectivity index is 1.77. The zero-order chi connectivity index (χ0) is 26.7. The van der Waals surface area contributed by atoms with Gasteiger partial charge in [-0.05, 0) is 50.6 Å². The van der Waals surface area contributed by atoms with Crippen LogP contribution in [0.2, 0.25) is 0 Å². The number of hydrogen-bond donors (Lipinski definition) is 1. The van der Waals surface area contributed by atoms with Gasteiger partial charge in [0, 0.05) is 12.4 Å². The molecule has 9 heteroatoms. The van der Waals surface area contributed by atoms with Gasteiger partial charge in [-0.15, -0.1) is 0 Å². The Morgan fingerprint density at radius 3 is 1.95 bits per heavy atom. The number of nitrogens with one attached hydrogen (secondary N) is 1. The lowest BCUT2D eigenvalue weighted by Gasteiger charge is -2.26. The summed E-state index contributed by atoms with van der Waals surface area (Å²) in [6.07, 6.45) is 2.15. The molecule has 1 N–H and O–H groups in total. The van der Waals surface area contributed by atoms with E-state index in [0.717, 1.165) is 5.56 Å². The van der Waals surface area contributed by atoms with Crippen molar-refractivity contribution in [1.82, 2.24) is 20.2 Å². The maximum atomic E-state index is 13.5. The molecule has 0 fully saturated rings. The fourth-order valence-corrected chi connectivity index (χ4v) is 3.38. The van der Waals surface area contributed by atoms with Crippen LogP contribution in [0.3, 0.4) is 0 Å². The van der Waals surface area contributed by atoms with Crippen molar-refractivity contribution in [3.8, 4) is 0 Å². The van der Waals surface area contributed by atoms with Crippen LogP contribution in [0.25, 0.3) is 0 Å². The molecule has 3 aromatic rings. The summed E-state index contributed by atoms with van der Waals surface area (Å²) in [5.41, 5.74) is 1.35. The minimum Gasteiger partial charge on any atom is -0.459 e. The summed E-state index contributed by atoms with van der Waals surface area (Å²) in [5.74, 6) is -1.12. The zero-order valence-corrected chi connectivity index (χ0v) is 21.3. The van der Waals surface area contributed by atoms with Gasteiger partial charge in [-0.1, -0.05) is 42.5 Å². The zero-order valence-electron chi connectivity index (χ0n) is 21.3. The van der Waals surface area contributed by atoms with Gasteiger partial charge in [0.05, 0.1) is 30.9 Å². The van der Waals surface area contributed by atoms with Gasteiger partial charge < -0.3 is 19.7 Å². The highest BCUT2D eigenvalue weighted by Crippen LogP contribution is 2.13. The summed E-state index contributed by atoms with van der Waals surface area (Å²) in [6, 6.07) is 18.8. The molecule has 1 atom stereocenters. The van der Waals surface area contributed by atoms with Crippen LogP contribution in [0, 0.1) is 0 Å². The number of esters is 1. The number of amides is 2. The number of alkyl carbamates (subject to hydrolysis) is 1. The molecule has 0 spiro atoms. The standard InChI is InChI=1S/C28H32N4O5/c1-28(2,3)37-27(35)31-24(26(34)36-20-21-11-5-4-6-12-21)17-25(33)32(18-22-13-7-9-15-29-22)19-23-14-8-10-16-30-23/h4-16,24H,17-20H2,1-3H3,(H,31,35)/t24-/m0/s1. The third-order valence-corrected chi connectivity index (χ3v) is 5.09. The van der Waals surface area contributed by atoms with Crippen LogP contribution < -0.4 is 5.32 Å². The molecule has 0 saturated heterocycles. The summed E-state index contributed by atoms with van der Waals surface area (Å²) in [5, 5.41) is 2.51. The van der Waals surface area contributed by atoms with E-state index in [9.17, 15) is 14.4 Å². The Morgan fingerprint density at radius 2 is 1.43 bits per heavy atom. The smallest absolute Gasteiger partial charge is 0.408 e. The molecule has 0 aliphatic heterocycles. The molecule has 2 aromatic heterocycles. The first-order chi connectivity index (χ1) is 17.7. The molecule has 2 amide bonds. The number of ether oxygens (including phenoxy) is 2. The largest absolute Gasteiger partial charge is 0.459 e. The van der Waals surface area contributed by atoms with E-state index in [1.165, 1.54) is 0 Å². The third kappa shape index (κ3) is 9.71. The molecule has 0 aliphatic rings. The summed E-state index contributed by atoms with van der Waals surface area (Å²) in [6.45, 7) is 5.54. The Morgan fingerprint density at radius 1 is 0.865 bits per heavy atom. The molecular formula is C28H32N4O5. The summed E-state index contributed by atoms with van der Waals surface area (Å²) in [4.78, 5) is 49.1. The number of nitrogens with zero attached hydrogens (tertiary/aromatic N) is 3. The molecule has 2 heterocycles. The van der Waals surface area contributed by atoms with Gasteiger partial charge in [-0.2, -0.15) is 0 Å². The number of rotatable bonds is 10. The number of benzene rings is 1. The summed E-state index contributed by atoms with van der Waals surface area (Å²) < 4.78 is 10.7. The first-order valence-electron chi connectivity index (χ1n) is 12.0. The van der Waals surface area contributed by atoms with Gasteiger partial charge in [0.1, 0.15) is 18.2 Å². The second kappa shape index (κ2) is 13.2. The highest BCUT2D eigenvalue weighted by Gasteiger charge is 2.30. The molecule has 1 aromatic carbocycles. The minimum absolute atomic E-state index is 0.00590. The van der Waals surface area contributed by atoms with Crippen molar-refractivity contribution >= 4 is 18.0 Å². The molecule has 0 aliphatic carbocycles. The van der Waals surface area contributed by atoms with Crippen LogP contribution in [0.15, 0.2) is 79.1 Å². The van der Waals surface area contributed by atoms with Crippen LogP contribution in [0.1, 0.15) is 44.1 Å². The topological polar surface area (TPSA) is 111 Å². The number of carbonyl (C=O) groups excluding carboxylic acids is 3. The van der Waals surface area contributed by atoms with Crippen LogP contribution >= 0.6 is 0 Å². The van der Waals surface area contributed by atoms with Gasteiger partial charge in [0.15, 0.2) is 0 Å². The first-order valence-corrected chi connectivity index (χ1v) is 12.0. The van der Waals surface area contributed by atoms with Crippen molar-refractivity contribution in [2.75, 3.05) is 0 Å². The average Bonchev–Trinajstić information content (AvgIpc) is 2.87. The molecule has 3 rings (SSSR count). The highest BCUT2D eigenvalue weighted by atomic mass is 16.6. The van der Waals surface area contributed by atoms with Gasteiger partial charge in [-0.25, -0.2) is 9.59 Å². The molecule has 0 radical (unpaired) electrons. The SMILES string of the molecule is CC(C)(C)OC(=O)N[C@@H](CC(=O)N(Cc1ccccn1)Cc1ccccn1)C(=O)OCc1ccccc1. The van der Waals surface area contributed by atoms with E-state index in [4.69, 9.17) is 9.47 Å². The maximum Gasteiger partial charge on any atom is 0.408 e. The fourth-order valence-electron chi connectivity index (χ4n) is 3.38. The monoisotopic (exact) mass is 504 g/mol. The van der Waals surface area contributed by atoms with E-state index in [-0.39, 0.29) is 32.0 Å². The van der Waals surface area contributed by atoms with Crippen molar-refractivity contribution in [1.29, 1.82) is 0 Å². The molecule has 0 saturated carbocycles. The van der Waals surface area contributed by atoms with Crippen molar-refractivity contribution in [3.63, 3.8) is 0 Å². The van der Waals surface area contributed by atoms with Gasteiger partial charge in [0.25, 0.3) is 0 Å². The predicted octanol–water partition coefficient (Wildman–Crippen LogP) is 4.03. The minimum atomic E-state index is -1.25. The molecule has 37 heavy (non-hydrogen) atoms. The quantitative estimate of drug-likeness (QED) is 0.415. The number of pyridine rings is 2. The van der Waals surface area contributed by atoms with Crippen LogP contribution in [0.4, 0.5) is 4.79 Å². The van der Waals surface area contributed by atoms with Crippen molar-refractivity contribution in [3.05, 3.63) is 96.1 Å². The average molecular weight is 505 g/mol. The Hall–Kier alpha value is -4.27. The molecule has 194 valence electrons. The van der Waals surface area contributed by atoms with Crippen LogP contribution in [-0.2, 0) is 38.8 Å². The van der Waals surface area contributed by atoms with Crippen molar-refractivity contribution in [2.45, 2.75) is 58.5 Å².